The van der Waals surface area contributed by atoms with Crippen molar-refractivity contribution in [3.05, 3.63) is 57.0 Å². The third-order valence-corrected chi connectivity index (χ3v) is 4.82. The van der Waals surface area contributed by atoms with Crippen molar-refractivity contribution < 1.29 is 4.74 Å². The third kappa shape index (κ3) is 4.83. The van der Waals surface area contributed by atoms with Crippen LogP contribution in [0, 0.1) is 0 Å². The van der Waals surface area contributed by atoms with Gasteiger partial charge in [0, 0.05) is 36.2 Å². The van der Waals surface area contributed by atoms with Crippen LogP contribution in [0.15, 0.2) is 46.1 Å². The van der Waals surface area contributed by atoms with Crippen molar-refractivity contribution in [3.8, 4) is 0 Å². The molecule has 2 aromatic carbocycles. The summed E-state index contributed by atoms with van der Waals surface area (Å²) in [5.41, 5.74) is 1.07. The van der Waals surface area contributed by atoms with E-state index in [1.165, 1.54) is 0 Å². The lowest BCUT2D eigenvalue weighted by atomic mass is 10.1. The number of hydrogen-bond donors (Lipinski definition) is 3. The number of nitrogens with one attached hydrogen (secondary N) is 3. The molecule has 31 heavy (non-hydrogen) atoms. The van der Waals surface area contributed by atoms with Gasteiger partial charge in [-0.2, -0.15) is 4.98 Å². The van der Waals surface area contributed by atoms with Gasteiger partial charge in [0.2, 0.25) is 5.95 Å². The molecule has 4 rings (SSSR count). The maximum Gasteiger partial charge on any atom is 0.253 e. The van der Waals surface area contributed by atoms with Crippen molar-refractivity contribution in [3.63, 3.8) is 0 Å². The van der Waals surface area contributed by atoms with Crippen LogP contribution in [0.5, 0.6) is 0 Å². The summed E-state index contributed by atoms with van der Waals surface area (Å²) >= 11 is 0. The Hall–Kier alpha value is -3.46. The largest absolute Gasteiger partial charge is 0.378 e. The van der Waals surface area contributed by atoms with Gasteiger partial charge in [0.15, 0.2) is 0 Å². The topological polar surface area (TPSA) is 108 Å². The molecular formula is C22H26N6O3. The fraction of sp³-hybridized carbons (Fsp3) is 0.364. The lowest BCUT2D eigenvalue weighted by molar-refractivity contribution is 0.122. The number of aromatic nitrogens is 2. The van der Waals surface area contributed by atoms with Gasteiger partial charge in [0.1, 0.15) is 17.2 Å². The Morgan fingerprint density at radius 2 is 1.61 bits per heavy atom. The molecule has 1 aliphatic rings. The summed E-state index contributed by atoms with van der Waals surface area (Å²) in [4.78, 5) is 34.9. The van der Waals surface area contributed by atoms with Gasteiger partial charge >= 0.3 is 0 Å². The average Bonchev–Trinajstić information content (AvgIpc) is 2.76. The van der Waals surface area contributed by atoms with Crippen LogP contribution in [-0.4, -0.2) is 41.8 Å². The van der Waals surface area contributed by atoms with E-state index in [4.69, 9.17) is 4.74 Å². The zero-order valence-electron chi connectivity index (χ0n) is 17.9. The van der Waals surface area contributed by atoms with Crippen molar-refractivity contribution in [1.29, 1.82) is 0 Å². The molecular weight excluding hydrogens is 396 g/mol. The van der Waals surface area contributed by atoms with Crippen molar-refractivity contribution in [2.45, 2.75) is 26.3 Å². The number of anilines is 6. The Morgan fingerprint density at radius 3 is 2.29 bits per heavy atom. The summed E-state index contributed by atoms with van der Waals surface area (Å²) in [6, 6.07) is 9.67. The normalized spacial score (nSPS) is 14.5. The van der Waals surface area contributed by atoms with Gasteiger partial charge in [-0.25, -0.2) is 4.98 Å². The molecule has 0 spiro atoms. The smallest absolute Gasteiger partial charge is 0.253 e. The molecule has 0 bridgehead atoms. The van der Waals surface area contributed by atoms with Gasteiger partial charge < -0.3 is 25.6 Å². The van der Waals surface area contributed by atoms with Crippen LogP contribution in [0.3, 0.4) is 0 Å². The lowest BCUT2D eigenvalue weighted by Crippen LogP contribution is -2.41. The van der Waals surface area contributed by atoms with E-state index in [1.807, 2.05) is 45.0 Å². The number of nitrogens with zero attached hydrogens (tertiary/aromatic N) is 3. The quantitative estimate of drug-likeness (QED) is 0.517. The highest BCUT2D eigenvalue weighted by atomic mass is 16.5. The Morgan fingerprint density at radius 1 is 0.935 bits per heavy atom. The Labute approximate surface area is 180 Å². The van der Waals surface area contributed by atoms with Crippen LogP contribution in [0.25, 0.3) is 0 Å². The predicted molar refractivity (Wildman–Crippen MR) is 123 cm³/mol. The third-order valence-electron chi connectivity index (χ3n) is 4.82. The molecule has 0 radical (unpaired) electrons. The minimum absolute atomic E-state index is 0.222. The Bertz CT molecular complexity index is 1120. The van der Waals surface area contributed by atoms with Crippen molar-refractivity contribution >= 4 is 34.5 Å². The van der Waals surface area contributed by atoms with Crippen molar-refractivity contribution in [1.82, 2.24) is 9.97 Å². The van der Waals surface area contributed by atoms with Gasteiger partial charge in [0.25, 0.3) is 10.9 Å². The lowest BCUT2D eigenvalue weighted by Gasteiger charge is -2.28. The first-order valence-electron chi connectivity index (χ1n) is 10.2. The minimum atomic E-state index is -0.557. The van der Waals surface area contributed by atoms with Crippen LogP contribution in [0.1, 0.15) is 20.8 Å². The predicted octanol–water partition coefficient (Wildman–Crippen LogP) is 2.61. The molecule has 0 amide bonds. The number of morpholine rings is 1. The summed E-state index contributed by atoms with van der Waals surface area (Å²) in [7, 11) is 0. The molecule has 1 aromatic heterocycles. The molecule has 3 N–H and O–H groups in total. The standard InChI is InChI=1S/C22H26N6O3/c1-22(2,3)27-18-17(19(29)20(18)30)25-16-8-9-23-21(26-16)24-14-4-6-15(7-5-14)28-10-12-31-13-11-28/h4-9,27H,10-13H2,1-3H3,(H2,23,24,25,26). The molecule has 9 nitrogen and oxygen atoms in total. The summed E-state index contributed by atoms with van der Waals surface area (Å²) in [5.74, 6) is 0.805. The summed E-state index contributed by atoms with van der Waals surface area (Å²) in [6.45, 7) is 9.01. The van der Waals surface area contributed by atoms with E-state index in [9.17, 15) is 9.59 Å². The molecule has 9 heteroatoms. The number of ether oxygens (including phenoxy) is 1. The maximum atomic E-state index is 12.0. The van der Waals surface area contributed by atoms with Crippen LogP contribution < -0.4 is 31.7 Å². The highest BCUT2D eigenvalue weighted by Gasteiger charge is 2.25. The van der Waals surface area contributed by atoms with Crippen LogP contribution in [-0.2, 0) is 4.74 Å². The Balaban J connectivity index is 1.45. The number of hydrogen-bond acceptors (Lipinski definition) is 9. The van der Waals surface area contributed by atoms with Gasteiger partial charge in [-0.05, 0) is 51.1 Å². The summed E-state index contributed by atoms with van der Waals surface area (Å²) in [6.07, 6.45) is 1.59. The van der Waals surface area contributed by atoms with E-state index in [2.05, 4.69) is 30.8 Å². The first-order valence-corrected chi connectivity index (χ1v) is 10.2. The van der Waals surface area contributed by atoms with Crippen molar-refractivity contribution in [2.24, 2.45) is 0 Å². The first-order chi connectivity index (χ1) is 14.8. The SMILES string of the molecule is CC(C)(C)Nc1c(Nc2ccnc(Nc3ccc(N4CCOCC4)cc3)n2)c(=O)c1=O. The first kappa shape index (κ1) is 20.8. The maximum absolute atomic E-state index is 12.0. The molecule has 0 aliphatic carbocycles. The molecule has 1 saturated heterocycles. The van der Waals surface area contributed by atoms with Gasteiger partial charge in [-0.15, -0.1) is 0 Å². The number of rotatable bonds is 6. The molecule has 1 aliphatic heterocycles. The second-order valence-corrected chi connectivity index (χ2v) is 8.45. The molecule has 0 saturated carbocycles. The molecule has 1 fully saturated rings. The highest BCUT2D eigenvalue weighted by molar-refractivity contribution is 5.78. The molecule has 2 heterocycles. The van der Waals surface area contributed by atoms with Gasteiger partial charge in [-0.3, -0.25) is 9.59 Å². The fourth-order valence-electron chi connectivity index (χ4n) is 3.33. The average molecular weight is 422 g/mol. The minimum Gasteiger partial charge on any atom is -0.378 e. The zero-order valence-corrected chi connectivity index (χ0v) is 17.9. The summed E-state index contributed by atoms with van der Waals surface area (Å²) < 4.78 is 5.39. The van der Waals surface area contributed by atoms with E-state index in [1.54, 1.807) is 12.3 Å². The van der Waals surface area contributed by atoms with Crippen LogP contribution in [0.2, 0.25) is 0 Å². The van der Waals surface area contributed by atoms with E-state index in [0.29, 0.717) is 11.8 Å². The zero-order chi connectivity index (χ0) is 22.0. The number of benzene rings is 1. The summed E-state index contributed by atoms with van der Waals surface area (Å²) in [5, 5.41) is 9.18. The van der Waals surface area contributed by atoms with E-state index in [-0.39, 0.29) is 16.9 Å². The Kier molecular flexibility index (Phi) is 5.60. The van der Waals surface area contributed by atoms with Crippen LogP contribution in [0.4, 0.5) is 34.5 Å². The van der Waals surface area contributed by atoms with Gasteiger partial charge in [-0.1, -0.05) is 0 Å². The van der Waals surface area contributed by atoms with Crippen LogP contribution >= 0.6 is 0 Å². The van der Waals surface area contributed by atoms with E-state index >= 15 is 0 Å². The molecule has 0 atom stereocenters. The second-order valence-electron chi connectivity index (χ2n) is 8.45. The second kappa shape index (κ2) is 8.35. The van der Waals surface area contributed by atoms with Gasteiger partial charge in [0.05, 0.1) is 13.2 Å². The monoisotopic (exact) mass is 422 g/mol. The molecule has 3 aromatic rings. The fourth-order valence-corrected chi connectivity index (χ4v) is 3.33. The van der Waals surface area contributed by atoms with E-state index in [0.717, 1.165) is 37.7 Å². The molecule has 162 valence electrons. The van der Waals surface area contributed by atoms with Crippen molar-refractivity contribution in [2.75, 3.05) is 47.2 Å². The van der Waals surface area contributed by atoms with E-state index < -0.39 is 10.9 Å². The molecule has 0 unspecified atom stereocenters. The highest BCUT2D eigenvalue weighted by Crippen LogP contribution is 2.24.